The summed E-state index contributed by atoms with van der Waals surface area (Å²) in [7, 11) is 0. The maximum atomic E-state index is 13.4. The van der Waals surface area contributed by atoms with Gasteiger partial charge in [-0.1, -0.05) is 81.2 Å². The number of allylic oxidation sites excluding steroid dienone is 10. The van der Waals surface area contributed by atoms with E-state index in [0.717, 1.165) is 73.4 Å². The minimum absolute atomic E-state index is 0.0188. The van der Waals surface area contributed by atoms with Gasteiger partial charge >= 0.3 is 0 Å². The van der Waals surface area contributed by atoms with E-state index < -0.39 is 0 Å². The zero-order valence-electron chi connectivity index (χ0n) is 25.9. The third-order valence-electron chi connectivity index (χ3n) is 8.16. The molecule has 3 atom stereocenters. The van der Waals surface area contributed by atoms with Gasteiger partial charge in [0.15, 0.2) is 0 Å². The topological polar surface area (TPSA) is 73.8 Å². The highest BCUT2D eigenvalue weighted by atomic mass is 16.2. The van der Waals surface area contributed by atoms with Crippen LogP contribution < -0.4 is 10.6 Å². The first-order valence-corrected chi connectivity index (χ1v) is 15.6. The molecular weight excluding hydrogens is 532 g/mol. The Bertz CT molecular complexity index is 1360. The van der Waals surface area contributed by atoms with Gasteiger partial charge in [-0.05, 0) is 85.9 Å². The number of piperidine rings is 1. The highest BCUT2D eigenvalue weighted by Crippen LogP contribution is 2.35. The fourth-order valence-electron chi connectivity index (χ4n) is 5.98. The second-order valence-corrected chi connectivity index (χ2v) is 11.3. The van der Waals surface area contributed by atoms with Crippen molar-refractivity contribution in [1.29, 1.82) is 0 Å². The molecule has 1 fully saturated rings. The van der Waals surface area contributed by atoms with Gasteiger partial charge in [-0.3, -0.25) is 19.5 Å². The van der Waals surface area contributed by atoms with Crippen LogP contribution in [0.25, 0.3) is 0 Å². The molecule has 1 saturated heterocycles. The molecule has 0 saturated carbocycles. The van der Waals surface area contributed by atoms with E-state index in [0.29, 0.717) is 6.54 Å². The predicted molar refractivity (Wildman–Crippen MR) is 179 cm³/mol. The fraction of sp³-hybridized carbons (Fsp3) is 0.378. The van der Waals surface area contributed by atoms with Crippen LogP contribution in [0.2, 0.25) is 0 Å². The molecule has 2 N–H and O–H groups in total. The molecule has 1 aliphatic heterocycles. The zero-order valence-corrected chi connectivity index (χ0v) is 25.9. The van der Waals surface area contributed by atoms with Crippen LogP contribution >= 0.6 is 0 Å². The number of carbonyl (C=O) groups excluding carboxylic acids is 2. The van der Waals surface area contributed by atoms with Crippen molar-refractivity contribution >= 4 is 28.9 Å². The van der Waals surface area contributed by atoms with Crippen LogP contribution in [-0.4, -0.2) is 48.1 Å². The first-order chi connectivity index (χ1) is 20.9. The number of nitrogens with zero attached hydrogens (tertiary/aromatic N) is 2. The number of aliphatic imine (C=N–C) groups is 1. The number of hydrogen-bond donors (Lipinski definition) is 2. The molecular formula is C37H46N4O2. The van der Waals surface area contributed by atoms with Gasteiger partial charge in [0.1, 0.15) is 6.04 Å². The van der Waals surface area contributed by atoms with Crippen LogP contribution in [-0.2, 0) is 9.59 Å². The largest absolute Gasteiger partial charge is 0.354 e. The molecule has 0 bridgehead atoms. The standard InChI is InChI=1S/C37H46N4O2/c1-5-12-29(13-6-2)35(37(43)38-24-7-3)41-25-22-32(23-26-41)39-30-18-20-31(21-19-30)40-36(42)34-27(4)14-11-17-33(34)28-15-9-8-10-16-28/h5-6,8-9,11-15,17-21,27,34-35H,1,7,10,16,22-26H2,2-4H3,(H,38,43)(H,40,42)/b13-6-,29-12+/t27-,34?,35?/m1/s1. The van der Waals surface area contributed by atoms with Gasteiger partial charge in [-0.15, -0.1) is 0 Å². The highest BCUT2D eigenvalue weighted by molar-refractivity contribution is 5.96. The third kappa shape index (κ3) is 8.51. The molecule has 0 spiro atoms. The lowest BCUT2D eigenvalue weighted by Crippen LogP contribution is -2.50. The number of likely N-dealkylation sites (tertiary alicyclic amines) is 1. The number of hydrogen-bond acceptors (Lipinski definition) is 4. The van der Waals surface area contributed by atoms with Gasteiger partial charge < -0.3 is 10.6 Å². The minimum atomic E-state index is -0.353. The van der Waals surface area contributed by atoms with Crippen LogP contribution in [0.5, 0.6) is 0 Å². The summed E-state index contributed by atoms with van der Waals surface area (Å²) in [6.45, 7) is 12.1. The molecule has 0 aromatic heterocycles. The number of benzene rings is 1. The first-order valence-electron chi connectivity index (χ1n) is 15.6. The van der Waals surface area contributed by atoms with E-state index in [9.17, 15) is 9.59 Å². The normalized spacial score (nSPS) is 21.7. The molecule has 3 aliphatic rings. The number of rotatable bonds is 11. The van der Waals surface area contributed by atoms with E-state index in [2.05, 4.69) is 72.4 Å². The average molecular weight is 579 g/mol. The highest BCUT2D eigenvalue weighted by Gasteiger charge is 2.32. The molecule has 1 heterocycles. The van der Waals surface area contributed by atoms with E-state index in [1.54, 1.807) is 6.08 Å². The summed E-state index contributed by atoms with van der Waals surface area (Å²) >= 11 is 0. The van der Waals surface area contributed by atoms with Crippen molar-refractivity contribution in [3.8, 4) is 0 Å². The lowest BCUT2D eigenvalue weighted by Gasteiger charge is -2.35. The summed E-state index contributed by atoms with van der Waals surface area (Å²) < 4.78 is 0. The molecule has 6 nitrogen and oxygen atoms in total. The van der Waals surface area contributed by atoms with Crippen LogP contribution in [0.15, 0.2) is 113 Å². The van der Waals surface area contributed by atoms with Gasteiger partial charge in [0.25, 0.3) is 0 Å². The molecule has 2 unspecified atom stereocenters. The quantitative estimate of drug-likeness (QED) is 0.269. The molecule has 1 aromatic rings. The van der Waals surface area contributed by atoms with Gasteiger partial charge in [0, 0.05) is 31.0 Å². The zero-order chi connectivity index (χ0) is 30.6. The second-order valence-electron chi connectivity index (χ2n) is 11.3. The van der Waals surface area contributed by atoms with Crippen LogP contribution in [0.3, 0.4) is 0 Å². The summed E-state index contributed by atoms with van der Waals surface area (Å²) in [5.41, 5.74) is 6.07. The Hall–Kier alpha value is -4.03. The summed E-state index contributed by atoms with van der Waals surface area (Å²) in [4.78, 5) is 33.8. The van der Waals surface area contributed by atoms with Gasteiger partial charge in [-0.25, -0.2) is 0 Å². The Labute approximate surface area is 257 Å². The molecule has 2 amide bonds. The van der Waals surface area contributed by atoms with E-state index in [-0.39, 0.29) is 29.7 Å². The van der Waals surface area contributed by atoms with Crippen molar-refractivity contribution in [3.63, 3.8) is 0 Å². The van der Waals surface area contributed by atoms with Crippen molar-refractivity contribution in [2.75, 3.05) is 25.0 Å². The number of amides is 2. The second kappa shape index (κ2) is 16.0. The smallest absolute Gasteiger partial charge is 0.241 e. The first kappa shape index (κ1) is 31.9. The average Bonchev–Trinajstić information content (AvgIpc) is 3.02. The molecule has 6 heteroatoms. The molecule has 1 aromatic carbocycles. The van der Waals surface area contributed by atoms with Gasteiger partial charge in [0.05, 0.1) is 11.6 Å². The Morgan fingerprint density at radius 1 is 1.12 bits per heavy atom. The summed E-state index contributed by atoms with van der Waals surface area (Å²) in [6.07, 6.45) is 24.8. The Balaban J connectivity index is 1.39. The van der Waals surface area contributed by atoms with Crippen molar-refractivity contribution in [3.05, 3.63) is 108 Å². The van der Waals surface area contributed by atoms with E-state index in [1.165, 1.54) is 5.57 Å². The molecule has 2 aliphatic carbocycles. The van der Waals surface area contributed by atoms with E-state index in [4.69, 9.17) is 4.99 Å². The van der Waals surface area contributed by atoms with Crippen LogP contribution in [0.1, 0.15) is 52.9 Å². The minimum Gasteiger partial charge on any atom is -0.354 e. The maximum Gasteiger partial charge on any atom is 0.241 e. The van der Waals surface area contributed by atoms with Crippen molar-refractivity contribution < 1.29 is 9.59 Å². The SMILES string of the molecule is C=C/C=C(\C=C/C)C(C(=O)NCCC)N1CCC(=Nc2ccc(NC(=O)C3C(C4=CC=CCC4)=CC=C[C@H]3C)cc2)CC1. The Morgan fingerprint density at radius 3 is 2.53 bits per heavy atom. The molecule has 43 heavy (non-hydrogen) atoms. The number of carbonyl (C=O) groups is 2. The fourth-order valence-corrected chi connectivity index (χ4v) is 5.98. The summed E-state index contributed by atoms with van der Waals surface area (Å²) in [6, 6.07) is 7.43. The summed E-state index contributed by atoms with van der Waals surface area (Å²) in [5, 5.41) is 6.22. The van der Waals surface area contributed by atoms with E-state index >= 15 is 0 Å². The van der Waals surface area contributed by atoms with Gasteiger partial charge in [-0.2, -0.15) is 0 Å². The lowest BCUT2D eigenvalue weighted by atomic mass is 9.77. The monoisotopic (exact) mass is 578 g/mol. The summed E-state index contributed by atoms with van der Waals surface area (Å²) in [5.74, 6) is -0.0395. The van der Waals surface area contributed by atoms with Crippen LogP contribution in [0.4, 0.5) is 11.4 Å². The Morgan fingerprint density at radius 2 is 1.88 bits per heavy atom. The Kier molecular flexibility index (Phi) is 11.9. The van der Waals surface area contributed by atoms with Crippen molar-refractivity contribution in [1.82, 2.24) is 10.2 Å². The molecule has 0 radical (unpaired) electrons. The lowest BCUT2D eigenvalue weighted by molar-refractivity contribution is -0.125. The van der Waals surface area contributed by atoms with Crippen molar-refractivity contribution in [2.45, 2.75) is 58.9 Å². The molecule has 226 valence electrons. The predicted octanol–water partition coefficient (Wildman–Crippen LogP) is 7.40. The van der Waals surface area contributed by atoms with Crippen molar-refractivity contribution in [2.24, 2.45) is 16.8 Å². The van der Waals surface area contributed by atoms with E-state index in [1.807, 2.05) is 49.4 Å². The maximum absolute atomic E-state index is 13.4. The van der Waals surface area contributed by atoms with Gasteiger partial charge in [0.2, 0.25) is 11.8 Å². The van der Waals surface area contributed by atoms with Crippen LogP contribution in [0, 0.1) is 11.8 Å². The third-order valence-corrected chi connectivity index (χ3v) is 8.16. The number of nitrogens with one attached hydrogen (secondary N) is 2. The molecule has 4 rings (SSSR count). The number of anilines is 1.